The molecule has 0 spiro atoms. The van der Waals surface area contributed by atoms with Crippen molar-refractivity contribution < 1.29 is 9.53 Å². The second-order valence-electron chi connectivity index (χ2n) is 5.68. The van der Waals surface area contributed by atoms with E-state index >= 15 is 0 Å². The number of nitrogens with zero attached hydrogens (tertiary/aromatic N) is 2. The molecule has 0 unspecified atom stereocenters. The van der Waals surface area contributed by atoms with Crippen LogP contribution in [-0.2, 0) is 0 Å². The minimum atomic E-state index is -0.147. The Morgan fingerprint density at radius 3 is 2.43 bits per heavy atom. The van der Waals surface area contributed by atoms with Gasteiger partial charge in [-0.05, 0) is 56.2 Å². The monoisotopic (exact) mass is 311 g/mol. The number of hydrogen-bond acceptors (Lipinski definition) is 4. The van der Waals surface area contributed by atoms with Crippen molar-refractivity contribution in [3.05, 3.63) is 47.7 Å². The molecule has 5 nitrogen and oxygen atoms in total. The van der Waals surface area contributed by atoms with E-state index in [4.69, 9.17) is 4.74 Å². The van der Waals surface area contributed by atoms with Crippen LogP contribution in [0.4, 0.5) is 11.5 Å². The summed E-state index contributed by atoms with van der Waals surface area (Å²) in [5.41, 5.74) is 2.17. The van der Waals surface area contributed by atoms with Crippen molar-refractivity contribution in [1.82, 2.24) is 4.98 Å². The molecule has 2 aromatic rings. The topological polar surface area (TPSA) is 54.5 Å². The first-order chi connectivity index (χ1) is 11.2. The molecule has 1 saturated heterocycles. The van der Waals surface area contributed by atoms with Crippen LogP contribution in [-0.4, -0.2) is 31.1 Å². The Labute approximate surface area is 136 Å². The minimum Gasteiger partial charge on any atom is -0.497 e. The molecule has 0 atom stereocenters. The van der Waals surface area contributed by atoms with E-state index in [2.05, 4.69) is 15.2 Å². The predicted molar refractivity (Wildman–Crippen MR) is 91.4 cm³/mol. The summed E-state index contributed by atoms with van der Waals surface area (Å²) in [6, 6.07) is 10.9. The van der Waals surface area contributed by atoms with Crippen molar-refractivity contribution >= 4 is 17.4 Å². The van der Waals surface area contributed by atoms with Gasteiger partial charge in [-0.3, -0.25) is 4.79 Å². The summed E-state index contributed by atoms with van der Waals surface area (Å²) in [5.74, 6) is 1.57. The Bertz CT molecular complexity index is 692. The Kier molecular flexibility index (Phi) is 4.46. The standard InChI is InChI=1S/C18H21N3O2/c1-13-16(9-10-17(19-13)21-11-3-4-12-21)20-18(22)14-5-7-15(23-2)8-6-14/h5-10H,3-4,11-12H2,1-2H3,(H,20,22). The summed E-state index contributed by atoms with van der Waals surface area (Å²) in [7, 11) is 1.60. The number of ether oxygens (including phenoxy) is 1. The number of anilines is 2. The lowest BCUT2D eigenvalue weighted by atomic mass is 10.2. The number of benzene rings is 1. The highest BCUT2D eigenvalue weighted by molar-refractivity contribution is 6.04. The van der Waals surface area contributed by atoms with Crippen LogP contribution in [0.2, 0.25) is 0 Å². The molecule has 1 amide bonds. The molecule has 0 saturated carbocycles. The predicted octanol–water partition coefficient (Wildman–Crippen LogP) is 3.25. The smallest absolute Gasteiger partial charge is 0.255 e. The summed E-state index contributed by atoms with van der Waals surface area (Å²) in [5, 5.41) is 2.92. The number of carbonyl (C=O) groups excluding carboxylic acids is 1. The maximum absolute atomic E-state index is 12.3. The summed E-state index contributed by atoms with van der Waals surface area (Å²) in [6.07, 6.45) is 2.44. The third-order valence-electron chi connectivity index (χ3n) is 4.10. The number of aromatic nitrogens is 1. The van der Waals surface area contributed by atoms with E-state index in [-0.39, 0.29) is 5.91 Å². The second kappa shape index (κ2) is 6.69. The number of pyridine rings is 1. The van der Waals surface area contributed by atoms with Crippen molar-refractivity contribution in [1.29, 1.82) is 0 Å². The number of amides is 1. The van der Waals surface area contributed by atoms with Gasteiger partial charge in [0.1, 0.15) is 11.6 Å². The first-order valence-corrected chi connectivity index (χ1v) is 7.85. The number of nitrogens with one attached hydrogen (secondary N) is 1. The van der Waals surface area contributed by atoms with Crippen LogP contribution in [0.15, 0.2) is 36.4 Å². The lowest BCUT2D eigenvalue weighted by Gasteiger charge is -2.18. The van der Waals surface area contributed by atoms with E-state index < -0.39 is 0 Å². The van der Waals surface area contributed by atoms with Crippen LogP contribution in [0.5, 0.6) is 5.75 Å². The molecular weight excluding hydrogens is 290 g/mol. The fourth-order valence-electron chi connectivity index (χ4n) is 2.74. The summed E-state index contributed by atoms with van der Waals surface area (Å²) >= 11 is 0. The number of rotatable bonds is 4. The highest BCUT2D eigenvalue weighted by Gasteiger charge is 2.15. The van der Waals surface area contributed by atoms with Gasteiger partial charge in [0.2, 0.25) is 0 Å². The average molecular weight is 311 g/mol. The Hall–Kier alpha value is -2.56. The zero-order valence-electron chi connectivity index (χ0n) is 13.5. The van der Waals surface area contributed by atoms with Crippen LogP contribution in [0, 0.1) is 6.92 Å². The number of aryl methyl sites for hydroxylation is 1. The molecule has 0 radical (unpaired) electrons. The summed E-state index contributed by atoms with van der Waals surface area (Å²) < 4.78 is 5.10. The van der Waals surface area contributed by atoms with E-state index in [1.54, 1.807) is 31.4 Å². The van der Waals surface area contributed by atoms with Crippen LogP contribution in [0.3, 0.4) is 0 Å². The maximum Gasteiger partial charge on any atom is 0.255 e. The molecule has 1 aromatic carbocycles. The fraction of sp³-hybridized carbons (Fsp3) is 0.333. The van der Waals surface area contributed by atoms with Crippen LogP contribution in [0.1, 0.15) is 28.9 Å². The van der Waals surface area contributed by atoms with Crippen molar-refractivity contribution in [2.75, 3.05) is 30.4 Å². The largest absolute Gasteiger partial charge is 0.497 e. The zero-order chi connectivity index (χ0) is 16.2. The van der Waals surface area contributed by atoms with E-state index in [0.717, 1.165) is 36.0 Å². The summed E-state index contributed by atoms with van der Waals surface area (Å²) in [4.78, 5) is 19.2. The van der Waals surface area contributed by atoms with Crippen LogP contribution in [0.25, 0.3) is 0 Å². The van der Waals surface area contributed by atoms with E-state index in [1.165, 1.54) is 12.8 Å². The molecule has 3 rings (SSSR count). The van der Waals surface area contributed by atoms with E-state index in [9.17, 15) is 4.79 Å². The number of hydrogen-bond donors (Lipinski definition) is 1. The number of methoxy groups -OCH3 is 1. The van der Waals surface area contributed by atoms with E-state index in [1.807, 2.05) is 19.1 Å². The Morgan fingerprint density at radius 2 is 1.83 bits per heavy atom. The van der Waals surface area contributed by atoms with Gasteiger partial charge in [0.25, 0.3) is 5.91 Å². The lowest BCUT2D eigenvalue weighted by Crippen LogP contribution is -2.20. The molecule has 1 aliphatic rings. The van der Waals surface area contributed by atoms with Crippen LogP contribution >= 0.6 is 0 Å². The number of carbonyl (C=O) groups is 1. The van der Waals surface area contributed by atoms with Gasteiger partial charge in [-0.25, -0.2) is 4.98 Å². The zero-order valence-corrected chi connectivity index (χ0v) is 13.5. The van der Waals surface area contributed by atoms with Crippen LogP contribution < -0.4 is 15.0 Å². The van der Waals surface area contributed by atoms with Crippen molar-refractivity contribution in [2.24, 2.45) is 0 Å². The van der Waals surface area contributed by atoms with Gasteiger partial charge < -0.3 is 15.0 Å². The van der Waals surface area contributed by atoms with Crippen molar-refractivity contribution in [3.8, 4) is 5.75 Å². The molecule has 2 heterocycles. The normalized spacial score (nSPS) is 13.9. The van der Waals surface area contributed by atoms with E-state index in [0.29, 0.717) is 5.56 Å². The van der Waals surface area contributed by atoms with Gasteiger partial charge in [-0.15, -0.1) is 0 Å². The SMILES string of the molecule is COc1ccc(C(=O)Nc2ccc(N3CCCC3)nc2C)cc1. The second-order valence-corrected chi connectivity index (χ2v) is 5.68. The third kappa shape index (κ3) is 3.44. The van der Waals surface area contributed by atoms with Gasteiger partial charge in [-0.1, -0.05) is 0 Å². The summed E-state index contributed by atoms with van der Waals surface area (Å²) in [6.45, 7) is 4.04. The molecule has 120 valence electrons. The van der Waals surface area contributed by atoms with Crippen molar-refractivity contribution in [3.63, 3.8) is 0 Å². The van der Waals surface area contributed by atoms with Gasteiger partial charge in [0, 0.05) is 18.7 Å². The Morgan fingerprint density at radius 1 is 1.13 bits per heavy atom. The maximum atomic E-state index is 12.3. The first-order valence-electron chi connectivity index (χ1n) is 7.85. The molecule has 0 aliphatic carbocycles. The fourth-order valence-corrected chi connectivity index (χ4v) is 2.74. The highest BCUT2D eigenvalue weighted by Crippen LogP contribution is 2.22. The molecule has 1 aromatic heterocycles. The minimum absolute atomic E-state index is 0.147. The molecule has 5 heteroatoms. The first kappa shape index (κ1) is 15.3. The molecule has 23 heavy (non-hydrogen) atoms. The van der Waals surface area contributed by atoms with Gasteiger partial charge in [-0.2, -0.15) is 0 Å². The molecule has 1 N–H and O–H groups in total. The third-order valence-corrected chi connectivity index (χ3v) is 4.10. The highest BCUT2D eigenvalue weighted by atomic mass is 16.5. The quantitative estimate of drug-likeness (QED) is 0.941. The van der Waals surface area contributed by atoms with Gasteiger partial charge >= 0.3 is 0 Å². The molecule has 0 bridgehead atoms. The van der Waals surface area contributed by atoms with Crippen molar-refractivity contribution in [2.45, 2.75) is 19.8 Å². The molecule has 1 fully saturated rings. The molecular formula is C18H21N3O2. The average Bonchev–Trinajstić information content (AvgIpc) is 3.11. The lowest BCUT2D eigenvalue weighted by molar-refractivity contribution is 0.102. The van der Waals surface area contributed by atoms with Gasteiger partial charge in [0.05, 0.1) is 18.5 Å². The Balaban J connectivity index is 1.72. The van der Waals surface area contributed by atoms with Gasteiger partial charge in [0.15, 0.2) is 0 Å². The molecule has 1 aliphatic heterocycles.